The lowest BCUT2D eigenvalue weighted by Crippen LogP contribution is -2.37. The Kier molecular flexibility index (Phi) is 6.21. The number of hydrogen-bond donors (Lipinski definition) is 2. The summed E-state index contributed by atoms with van der Waals surface area (Å²) in [5, 5.41) is 10.8. The van der Waals surface area contributed by atoms with E-state index in [-0.39, 0.29) is 24.2 Å². The third-order valence-corrected chi connectivity index (χ3v) is 4.30. The summed E-state index contributed by atoms with van der Waals surface area (Å²) < 4.78 is 2.75. The van der Waals surface area contributed by atoms with Gasteiger partial charge in [-0.05, 0) is 44.5 Å². The number of halogens is 2. The third kappa shape index (κ3) is 4.34. The predicted molar refractivity (Wildman–Crippen MR) is 97.5 cm³/mol. The van der Waals surface area contributed by atoms with E-state index in [2.05, 4.69) is 31.7 Å². The number of nitrogens with zero attached hydrogens (tertiary/aromatic N) is 2. The Morgan fingerprint density at radius 1 is 1.43 bits per heavy atom. The van der Waals surface area contributed by atoms with Crippen molar-refractivity contribution >= 4 is 40.1 Å². The van der Waals surface area contributed by atoms with Gasteiger partial charge in [0.15, 0.2) is 0 Å². The van der Waals surface area contributed by atoms with Crippen molar-refractivity contribution in [2.24, 2.45) is 5.92 Å². The molecule has 1 fully saturated rings. The summed E-state index contributed by atoms with van der Waals surface area (Å²) in [4.78, 5) is 12.4. The Morgan fingerprint density at radius 2 is 2.26 bits per heavy atom. The van der Waals surface area contributed by atoms with Gasteiger partial charge >= 0.3 is 0 Å². The van der Waals surface area contributed by atoms with E-state index >= 15 is 0 Å². The number of aryl methyl sites for hydroxylation is 1. The lowest BCUT2D eigenvalue weighted by atomic mass is 9.99. The molecule has 0 saturated carbocycles. The summed E-state index contributed by atoms with van der Waals surface area (Å²) in [5.41, 5.74) is 1.79. The number of aromatic nitrogens is 2. The minimum absolute atomic E-state index is 0. The SMILES string of the molecule is Cc1cc(NC(=O)C2CCCNC2)n(-c2cccc(Br)c2)n1.Cl. The number of carbonyl (C=O) groups excluding carboxylic acids is 1. The number of benzene rings is 1. The van der Waals surface area contributed by atoms with Crippen molar-refractivity contribution in [1.82, 2.24) is 15.1 Å². The van der Waals surface area contributed by atoms with Gasteiger partial charge in [0.05, 0.1) is 17.3 Å². The van der Waals surface area contributed by atoms with Gasteiger partial charge in [0.1, 0.15) is 5.82 Å². The van der Waals surface area contributed by atoms with Gasteiger partial charge in [0.2, 0.25) is 5.91 Å². The summed E-state index contributed by atoms with van der Waals surface area (Å²) in [7, 11) is 0. The molecule has 1 amide bonds. The molecule has 2 aromatic rings. The second-order valence-corrected chi connectivity index (χ2v) is 6.51. The predicted octanol–water partition coefficient (Wildman–Crippen LogP) is 3.30. The summed E-state index contributed by atoms with van der Waals surface area (Å²) in [6.07, 6.45) is 1.98. The highest BCUT2D eigenvalue weighted by Gasteiger charge is 2.22. The van der Waals surface area contributed by atoms with Crippen LogP contribution in [0.4, 0.5) is 5.82 Å². The van der Waals surface area contributed by atoms with Crippen molar-refractivity contribution in [2.75, 3.05) is 18.4 Å². The van der Waals surface area contributed by atoms with Crippen molar-refractivity contribution in [2.45, 2.75) is 19.8 Å². The Balaban J connectivity index is 0.00000192. The quantitative estimate of drug-likeness (QED) is 0.832. The maximum Gasteiger partial charge on any atom is 0.229 e. The number of rotatable bonds is 3. The van der Waals surface area contributed by atoms with Crippen LogP contribution in [-0.2, 0) is 4.79 Å². The highest BCUT2D eigenvalue weighted by Crippen LogP contribution is 2.21. The number of nitrogens with one attached hydrogen (secondary N) is 2. The van der Waals surface area contributed by atoms with Gasteiger partial charge in [-0.2, -0.15) is 5.10 Å². The normalized spacial score (nSPS) is 17.4. The van der Waals surface area contributed by atoms with Crippen molar-refractivity contribution in [3.8, 4) is 5.69 Å². The molecule has 23 heavy (non-hydrogen) atoms. The topological polar surface area (TPSA) is 59.0 Å². The van der Waals surface area contributed by atoms with E-state index in [1.54, 1.807) is 4.68 Å². The van der Waals surface area contributed by atoms with Gasteiger partial charge in [-0.3, -0.25) is 4.79 Å². The maximum atomic E-state index is 12.4. The third-order valence-electron chi connectivity index (χ3n) is 3.80. The van der Waals surface area contributed by atoms with E-state index in [0.29, 0.717) is 5.82 Å². The smallest absolute Gasteiger partial charge is 0.229 e. The second kappa shape index (κ2) is 7.95. The van der Waals surface area contributed by atoms with E-state index in [4.69, 9.17) is 0 Å². The standard InChI is InChI=1S/C16H19BrN4O.ClH/c1-11-8-15(19-16(22)12-4-3-7-18-10-12)21(20-11)14-6-2-5-13(17)9-14;/h2,5-6,8-9,12,18H,3-4,7,10H2,1H3,(H,19,22);1H. The van der Waals surface area contributed by atoms with Gasteiger partial charge in [-0.25, -0.2) is 4.68 Å². The van der Waals surface area contributed by atoms with Crippen LogP contribution in [0.1, 0.15) is 18.5 Å². The summed E-state index contributed by atoms with van der Waals surface area (Å²) in [6, 6.07) is 9.76. The molecule has 0 aliphatic carbocycles. The number of hydrogen-bond acceptors (Lipinski definition) is 3. The molecule has 1 aromatic carbocycles. The van der Waals surface area contributed by atoms with E-state index in [9.17, 15) is 4.79 Å². The maximum absolute atomic E-state index is 12.4. The molecule has 0 radical (unpaired) electrons. The Hall–Kier alpha value is -1.37. The first-order valence-electron chi connectivity index (χ1n) is 7.47. The van der Waals surface area contributed by atoms with Crippen LogP contribution in [0.25, 0.3) is 5.69 Å². The Morgan fingerprint density at radius 3 is 2.96 bits per heavy atom. The molecule has 2 N–H and O–H groups in total. The number of amides is 1. The molecule has 1 aromatic heterocycles. The average molecular weight is 400 g/mol. The zero-order chi connectivity index (χ0) is 15.5. The van der Waals surface area contributed by atoms with Gasteiger partial charge in [0.25, 0.3) is 0 Å². The van der Waals surface area contributed by atoms with E-state index < -0.39 is 0 Å². The van der Waals surface area contributed by atoms with Crippen molar-refractivity contribution in [1.29, 1.82) is 0 Å². The molecular formula is C16H20BrClN4O. The lowest BCUT2D eigenvalue weighted by Gasteiger charge is -2.22. The first kappa shape index (κ1) is 18.0. The van der Waals surface area contributed by atoms with E-state index in [1.165, 1.54) is 0 Å². The first-order chi connectivity index (χ1) is 10.6. The van der Waals surface area contributed by atoms with E-state index in [0.717, 1.165) is 41.8 Å². The highest BCUT2D eigenvalue weighted by atomic mass is 79.9. The van der Waals surface area contributed by atoms with Crippen LogP contribution < -0.4 is 10.6 Å². The average Bonchev–Trinajstić information content (AvgIpc) is 2.89. The molecule has 1 aliphatic heterocycles. The molecule has 124 valence electrons. The van der Waals surface area contributed by atoms with Crippen LogP contribution >= 0.6 is 28.3 Å². The van der Waals surface area contributed by atoms with Crippen LogP contribution in [-0.4, -0.2) is 28.8 Å². The molecule has 2 heterocycles. The molecule has 5 nitrogen and oxygen atoms in total. The Bertz CT molecular complexity index is 682. The van der Waals surface area contributed by atoms with Gasteiger partial charge in [0, 0.05) is 17.1 Å². The van der Waals surface area contributed by atoms with Crippen molar-refractivity contribution < 1.29 is 4.79 Å². The fraction of sp³-hybridized carbons (Fsp3) is 0.375. The summed E-state index contributed by atoms with van der Waals surface area (Å²) >= 11 is 3.47. The second-order valence-electron chi connectivity index (χ2n) is 5.60. The fourth-order valence-corrected chi connectivity index (χ4v) is 3.08. The minimum atomic E-state index is 0. The minimum Gasteiger partial charge on any atom is -0.316 e. The van der Waals surface area contributed by atoms with Gasteiger partial charge in [-0.1, -0.05) is 22.0 Å². The van der Waals surface area contributed by atoms with Crippen LogP contribution in [0.2, 0.25) is 0 Å². The first-order valence-corrected chi connectivity index (χ1v) is 8.27. The van der Waals surface area contributed by atoms with Crippen LogP contribution in [0, 0.1) is 12.8 Å². The van der Waals surface area contributed by atoms with Crippen LogP contribution in [0.5, 0.6) is 0 Å². The number of carbonyl (C=O) groups is 1. The molecule has 1 atom stereocenters. The molecular weight excluding hydrogens is 380 g/mol. The van der Waals surface area contributed by atoms with Gasteiger partial charge < -0.3 is 10.6 Å². The molecule has 7 heteroatoms. The zero-order valence-corrected chi connectivity index (χ0v) is 15.3. The fourth-order valence-electron chi connectivity index (χ4n) is 2.70. The molecule has 0 spiro atoms. The monoisotopic (exact) mass is 398 g/mol. The van der Waals surface area contributed by atoms with Crippen molar-refractivity contribution in [3.63, 3.8) is 0 Å². The highest BCUT2D eigenvalue weighted by molar-refractivity contribution is 9.10. The molecule has 1 unspecified atom stereocenters. The lowest BCUT2D eigenvalue weighted by molar-refractivity contribution is -0.120. The van der Waals surface area contributed by atoms with Crippen molar-refractivity contribution in [3.05, 3.63) is 40.5 Å². The zero-order valence-electron chi connectivity index (χ0n) is 12.9. The largest absolute Gasteiger partial charge is 0.316 e. The number of piperidine rings is 1. The van der Waals surface area contributed by atoms with Crippen LogP contribution in [0.15, 0.2) is 34.8 Å². The molecule has 1 aliphatic rings. The molecule has 0 bridgehead atoms. The summed E-state index contributed by atoms with van der Waals surface area (Å²) in [6.45, 7) is 3.67. The number of anilines is 1. The molecule has 1 saturated heterocycles. The molecule has 3 rings (SSSR count). The Labute approximate surface area is 150 Å². The van der Waals surface area contributed by atoms with Gasteiger partial charge in [-0.15, -0.1) is 12.4 Å². The van der Waals surface area contributed by atoms with E-state index in [1.807, 2.05) is 37.3 Å². The summed E-state index contributed by atoms with van der Waals surface area (Å²) in [5.74, 6) is 0.800. The van der Waals surface area contributed by atoms with Crippen LogP contribution in [0.3, 0.4) is 0 Å².